The molecule has 5 heteroatoms. The molecule has 0 aliphatic carbocycles. The highest BCUT2D eigenvalue weighted by Gasteiger charge is 1.95. The number of oxime groups is 1. The van der Waals surface area contributed by atoms with Crippen LogP contribution in [-0.4, -0.2) is 23.0 Å². The molecule has 0 radical (unpaired) electrons. The molecule has 0 bridgehead atoms. The lowest BCUT2D eigenvalue weighted by molar-refractivity contribution is 0.176. The van der Waals surface area contributed by atoms with Gasteiger partial charge in [0.1, 0.15) is 12.3 Å². The Hall–Kier alpha value is -1.78. The number of anilines is 1. The molecule has 0 saturated carbocycles. The third-order valence-corrected chi connectivity index (χ3v) is 1.14. The van der Waals surface area contributed by atoms with Gasteiger partial charge in [0.05, 0.1) is 11.9 Å². The number of nitrogen functional groups attached to an aromatic ring is 1. The van der Waals surface area contributed by atoms with E-state index in [9.17, 15) is 0 Å². The van der Waals surface area contributed by atoms with Crippen LogP contribution in [0.15, 0.2) is 24.0 Å². The van der Waals surface area contributed by atoms with Crippen molar-refractivity contribution in [3.63, 3.8) is 0 Å². The summed E-state index contributed by atoms with van der Waals surface area (Å²) in [5, 5.41) is 10.0. The molecule has 0 saturated heterocycles. The highest BCUT2D eigenvalue weighted by molar-refractivity contribution is 5.83. The number of rotatable bonds is 4. The van der Waals surface area contributed by atoms with Crippen LogP contribution in [0, 0.1) is 0 Å². The van der Waals surface area contributed by atoms with Gasteiger partial charge in [0.25, 0.3) is 0 Å². The van der Waals surface area contributed by atoms with Crippen LogP contribution in [0.2, 0.25) is 0 Å². The van der Waals surface area contributed by atoms with Crippen LogP contribution in [0.1, 0.15) is 5.69 Å². The summed E-state index contributed by atoms with van der Waals surface area (Å²) in [5.74, 6) is 0. The van der Waals surface area contributed by atoms with E-state index in [-0.39, 0.29) is 0 Å². The van der Waals surface area contributed by atoms with Gasteiger partial charge in [-0.05, 0) is 0 Å². The maximum absolute atomic E-state index is 5.49. The first kappa shape index (κ1) is 8.32. The summed E-state index contributed by atoms with van der Waals surface area (Å²) < 4.78 is 0. The second kappa shape index (κ2) is 4.17. The van der Waals surface area contributed by atoms with E-state index in [0.29, 0.717) is 18.0 Å². The van der Waals surface area contributed by atoms with E-state index >= 15 is 0 Å². The molecule has 0 aliphatic heterocycles. The number of nitrogens with two attached hydrogens (primary N) is 1. The first-order valence-corrected chi connectivity index (χ1v) is 3.40. The number of hydrogen-bond donors (Lipinski definition) is 2. The molecule has 0 spiro atoms. The summed E-state index contributed by atoms with van der Waals surface area (Å²) in [6.07, 6.45) is 4.62. The summed E-state index contributed by atoms with van der Waals surface area (Å²) in [4.78, 5) is 4.75. The Morgan fingerprint density at radius 1 is 1.83 bits per heavy atom. The predicted molar refractivity (Wildman–Crippen MR) is 46.7 cm³/mol. The molecule has 1 heterocycles. The molecule has 3 N–H and O–H groups in total. The standard InChI is InChI=1S/C7H10N4O/c1-2-3-12-10-5-7-6(8)4-9-11-7/h2,4-5H,1,3,8H2,(H,9,11)/b10-5+. The SMILES string of the molecule is C=CCO/N=C/c1n[nH]cc1N. The first-order chi connectivity index (χ1) is 5.84. The number of H-pyrrole nitrogens is 1. The minimum absolute atomic E-state index is 0.376. The molecular formula is C7H10N4O. The molecule has 1 aromatic heterocycles. The molecule has 0 fully saturated rings. The highest BCUT2D eigenvalue weighted by Crippen LogP contribution is 2.01. The van der Waals surface area contributed by atoms with E-state index in [0.717, 1.165) is 0 Å². The van der Waals surface area contributed by atoms with Gasteiger partial charge in [0.2, 0.25) is 0 Å². The minimum Gasteiger partial charge on any atom is -0.396 e. The molecule has 64 valence electrons. The molecular weight excluding hydrogens is 156 g/mol. The average molecular weight is 166 g/mol. The van der Waals surface area contributed by atoms with Gasteiger partial charge in [-0.25, -0.2) is 0 Å². The third kappa shape index (κ3) is 2.12. The third-order valence-electron chi connectivity index (χ3n) is 1.14. The van der Waals surface area contributed by atoms with Crippen molar-refractivity contribution in [3.05, 3.63) is 24.5 Å². The Labute approximate surface area is 69.9 Å². The van der Waals surface area contributed by atoms with E-state index < -0.39 is 0 Å². The van der Waals surface area contributed by atoms with Crippen LogP contribution >= 0.6 is 0 Å². The van der Waals surface area contributed by atoms with E-state index in [1.807, 2.05) is 0 Å². The van der Waals surface area contributed by atoms with Crippen molar-refractivity contribution in [1.82, 2.24) is 10.2 Å². The van der Waals surface area contributed by atoms with Crippen molar-refractivity contribution in [2.24, 2.45) is 5.16 Å². The molecule has 12 heavy (non-hydrogen) atoms. The van der Waals surface area contributed by atoms with E-state index in [2.05, 4.69) is 21.9 Å². The molecule has 0 unspecified atom stereocenters. The van der Waals surface area contributed by atoms with Crippen LogP contribution in [0.25, 0.3) is 0 Å². The Kier molecular flexibility index (Phi) is 2.89. The van der Waals surface area contributed by atoms with Crippen molar-refractivity contribution >= 4 is 11.9 Å². The van der Waals surface area contributed by atoms with E-state index in [1.165, 1.54) is 6.21 Å². The van der Waals surface area contributed by atoms with Gasteiger partial charge in [-0.1, -0.05) is 17.8 Å². The molecule has 0 amide bonds. The molecule has 0 aliphatic rings. The van der Waals surface area contributed by atoms with Crippen molar-refractivity contribution in [2.75, 3.05) is 12.3 Å². The first-order valence-electron chi connectivity index (χ1n) is 3.40. The fraction of sp³-hybridized carbons (Fsp3) is 0.143. The lowest BCUT2D eigenvalue weighted by Crippen LogP contribution is -1.91. The Morgan fingerprint density at radius 2 is 2.67 bits per heavy atom. The zero-order chi connectivity index (χ0) is 8.81. The summed E-state index contributed by atoms with van der Waals surface area (Å²) in [5.41, 5.74) is 6.61. The van der Waals surface area contributed by atoms with Crippen LogP contribution in [-0.2, 0) is 4.84 Å². The summed E-state index contributed by atoms with van der Waals surface area (Å²) in [6, 6.07) is 0. The van der Waals surface area contributed by atoms with Crippen molar-refractivity contribution in [3.8, 4) is 0 Å². The summed E-state index contributed by atoms with van der Waals surface area (Å²) in [6.45, 7) is 3.84. The molecule has 0 atom stereocenters. The topological polar surface area (TPSA) is 76.3 Å². The summed E-state index contributed by atoms with van der Waals surface area (Å²) >= 11 is 0. The zero-order valence-electron chi connectivity index (χ0n) is 6.53. The number of aromatic nitrogens is 2. The van der Waals surface area contributed by atoms with Crippen molar-refractivity contribution in [2.45, 2.75) is 0 Å². The summed E-state index contributed by atoms with van der Waals surface area (Å²) in [7, 11) is 0. The zero-order valence-corrected chi connectivity index (χ0v) is 6.53. The van der Waals surface area contributed by atoms with Gasteiger partial charge in [0, 0.05) is 6.20 Å². The molecule has 0 aromatic carbocycles. The number of nitrogens with one attached hydrogen (secondary N) is 1. The lowest BCUT2D eigenvalue weighted by atomic mass is 10.4. The van der Waals surface area contributed by atoms with Crippen LogP contribution in [0.4, 0.5) is 5.69 Å². The molecule has 5 nitrogen and oxygen atoms in total. The van der Waals surface area contributed by atoms with Gasteiger partial charge >= 0.3 is 0 Å². The molecule has 1 aromatic rings. The quantitative estimate of drug-likeness (QED) is 0.296. The average Bonchev–Trinajstić information content (AvgIpc) is 2.46. The smallest absolute Gasteiger partial charge is 0.135 e. The van der Waals surface area contributed by atoms with Gasteiger partial charge in [-0.15, -0.1) is 0 Å². The van der Waals surface area contributed by atoms with Gasteiger partial charge in [-0.2, -0.15) is 5.10 Å². The van der Waals surface area contributed by atoms with Crippen molar-refractivity contribution < 1.29 is 4.84 Å². The van der Waals surface area contributed by atoms with Crippen LogP contribution in [0.3, 0.4) is 0 Å². The fourth-order valence-corrected chi connectivity index (χ4v) is 0.596. The van der Waals surface area contributed by atoms with Crippen LogP contribution in [0.5, 0.6) is 0 Å². The second-order valence-electron chi connectivity index (χ2n) is 2.04. The van der Waals surface area contributed by atoms with Gasteiger partial charge in [0.15, 0.2) is 0 Å². The Bertz CT molecular complexity index is 279. The largest absolute Gasteiger partial charge is 0.396 e. The molecule has 1 rings (SSSR count). The predicted octanol–water partition coefficient (Wildman–Crippen LogP) is 0.528. The second-order valence-corrected chi connectivity index (χ2v) is 2.04. The number of nitrogens with zero attached hydrogens (tertiary/aromatic N) is 2. The highest BCUT2D eigenvalue weighted by atomic mass is 16.6. The van der Waals surface area contributed by atoms with E-state index in [1.54, 1.807) is 12.3 Å². The lowest BCUT2D eigenvalue weighted by Gasteiger charge is -1.90. The Morgan fingerprint density at radius 3 is 3.25 bits per heavy atom. The van der Waals surface area contributed by atoms with Gasteiger partial charge < -0.3 is 10.6 Å². The Balaban J connectivity index is 2.46. The monoisotopic (exact) mass is 166 g/mol. The minimum atomic E-state index is 0.376. The van der Waals surface area contributed by atoms with Crippen LogP contribution < -0.4 is 5.73 Å². The normalized spacial score (nSPS) is 10.3. The number of aromatic amines is 1. The maximum atomic E-state index is 5.49. The number of hydrogen-bond acceptors (Lipinski definition) is 4. The van der Waals surface area contributed by atoms with E-state index in [4.69, 9.17) is 10.6 Å². The van der Waals surface area contributed by atoms with Crippen molar-refractivity contribution in [1.29, 1.82) is 0 Å². The van der Waals surface area contributed by atoms with Gasteiger partial charge in [-0.3, -0.25) is 5.10 Å². The maximum Gasteiger partial charge on any atom is 0.135 e. The fourth-order valence-electron chi connectivity index (χ4n) is 0.596.